The summed E-state index contributed by atoms with van der Waals surface area (Å²) in [4.78, 5) is 43.8. The Balaban J connectivity index is 0.703. The molecule has 3 atom stereocenters. The van der Waals surface area contributed by atoms with Gasteiger partial charge < -0.3 is 20.1 Å². The molecule has 0 amide bonds. The average molecular weight is 1030 g/mol. The highest BCUT2D eigenvalue weighted by atomic mass is 35.5. The van der Waals surface area contributed by atoms with E-state index in [1.807, 2.05) is 36.7 Å². The Labute approximate surface area is 424 Å². The number of halogens is 2. The lowest BCUT2D eigenvalue weighted by molar-refractivity contribution is 0.185. The summed E-state index contributed by atoms with van der Waals surface area (Å²) in [6.07, 6.45) is 22.8. The summed E-state index contributed by atoms with van der Waals surface area (Å²) in [5.74, 6) is 1.36. The fourth-order valence-electron chi connectivity index (χ4n) is 11.5. The molecule has 0 aromatic carbocycles. The number of pyridine rings is 2. The molecule has 2 aliphatic carbocycles. The van der Waals surface area contributed by atoms with Crippen molar-refractivity contribution in [3.63, 3.8) is 0 Å². The molecule has 1 unspecified atom stereocenters. The standard InChI is InChI=1S/C49H62Cl2N12O3S3/c1-47(2,69(66)57-40-11-8-17-49(40)20-27-61(28-21-49)46-54-30-37(43(64)59(46)4)67-35-13-23-62-33(41(35)50)12-22-55-62)15-6-5-9-32-29-34-42(51)36(14-24-63(34)56-32)68-38-31-53-45(58(3)44(38)65)60-25-18-48(19-26-60)16-7-10-39(48)52/h12-14,22-24,29-31,39-40,57H,5-11,15-21,25-28,52H2,1-4H3/t39-,40-,69?/m1/s1. The first-order chi connectivity index (χ1) is 33.1. The van der Waals surface area contributed by atoms with Gasteiger partial charge in [-0.15, -0.1) is 4.72 Å². The molecule has 2 saturated heterocycles. The van der Waals surface area contributed by atoms with Crippen molar-refractivity contribution < 1.29 is 4.55 Å². The van der Waals surface area contributed by atoms with Crippen LogP contribution in [-0.4, -0.2) is 85.9 Å². The molecule has 2 aliphatic heterocycles. The number of fused-ring (bicyclic) bond motifs is 2. The number of hydrogen-bond donors (Lipinski definition) is 2. The first-order valence-electron chi connectivity index (χ1n) is 24.4. The van der Waals surface area contributed by atoms with E-state index in [1.54, 1.807) is 50.9 Å². The highest BCUT2D eigenvalue weighted by molar-refractivity contribution is 7.99. The summed E-state index contributed by atoms with van der Waals surface area (Å²) in [5.41, 5.74) is 9.14. The zero-order valence-electron chi connectivity index (χ0n) is 39.8. The van der Waals surface area contributed by atoms with E-state index in [-0.39, 0.29) is 34.0 Å². The molecule has 6 aromatic rings. The van der Waals surface area contributed by atoms with Crippen LogP contribution in [0.4, 0.5) is 11.9 Å². The smallest absolute Gasteiger partial charge is 0.268 e. The monoisotopic (exact) mass is 1030 g/mol. The number of anilines is 2. The Morgan fingerprint density at radius 2 is 1.35 bits per heavy atom. The normalized spacial score (nSPS) is 20.9. The molecule has 6 aromatic heterocycles. The van der Waals surface area contributed by atoms with Crippen molar-refractivity contribution >= 4 is 81.0 Å². The van der Waals surface area contributed by atoms with Crippen molar-refractivity contribution in [1.82, 2.24) is 43.1 Å². The average Bonchev–Trinajstić information content (AvgIpc) is 4.16. The van der Waals surface area contributed by atoms with E-state index >= 15 is 0 Å². The predicted octanol–water partition coefficient (Wildman–Crippen LogP) is 8.46. The third-order valence-corrected chi connectivity index (χ3v) is 20.8. The van der Waals surface area contributed by atoms with Crippen molar-refractivity contribution in [3.8, 4) is 0 Å². The summed E-state index contributed by atoms with van der Waals surface area (Å²) >= 11 is 15.1. The maximum Gasteiger partial charge on any atom is 0.268 e. The number of nitrogens with two attached hydrogens (primary N) is 1. The molecule has 4 fully saturated rings. The molecule has 10 rings (SSSR count). The molecular formula is C49H62Cl2N12O3S3. The fourth-order valence-corrected chi connectivity index (χ4v) is 15.2. The minimum absolute atomic E-state index is 0.0565. The van der Waals surface area contributed by atoms with Gasteiger partial charge in [-0.1, -0.05) is 59.6 Å². The Kier molecular flexibility index (Phi) is 13.9. The number of rotatable bonds is 14. The third-order valence-electron chi connectivity index (χ3n) is 15.9. The third kappa shape index (κ3) is 9.46. The maximum absolute atomic E-state index is 14.1. The molecular weight excluding hydrogens is 972 g/mol. The van der Waals surface area contributed by atoms with Gasteiger partial charge in [-0.05, 0) is 126 Å². The lowest BCUT2D eigenvalue weighted by atomic mass is 9.74. The quantitative estimate of drug-likeness (QED) is 0.0787. The Morgan fingerprint density at radius 1 is 0.783 bits per heavy atom. The molecule has 3 N–H and O–H groups in total. The van der Waals surface area contributed by atoms with Crippen LogP contribution in [0, 0.1) is 10.8 Å². The molecule has 2 spiro atoms. The second-order valence-corrected chi connectivity index (χ2v) is 25.2. The molecule has 20 heteroatoms. The number of nitrogens with zero attached hydrogens (tertiary/aromatic N) is 10. The van der Waals surface area contributed by atoms with Crippen LogP contribution in [0.5, 0.6) is 0 Å². The van der Waals surface area contributed by atoms with Gasteiger partial charge in [0.25, 0.3) is 11.1 Å². The molecule has 2 saturated carbocycles. The van der Waals surface area contributed by atoms with Crippen LogP contribution < -0.4 is 31.4 Å². The van der Waals surface area contributed by atoms with Crippen molar-refractivity contribution in [2.24, 2.45) is 30.7 Å². The van der Waals surface area contributed by atoms with Gasteiger partial charge in [0.15, 0.2) is 0 Å². The van der Waals surface area contributed by atoms with E-state index in [0.29, 0.717) is 31.7 Å². The number of aromatic nitrogens is 8. The van der Waals surface area contributed by atoms with Gasteiger partial charge in [0.1, 0.15) is 4.75 Å². The second-order valence-electron chi connectivity index (χ2n) is 20.4. The first kappa shape index (κ1) is 48.9. The van der Waals surface area contributed by atoms with Crippen molar-refractivity contribution in [1.29, 1.82) is 0 Å². The minimum Gasteiger partial charge on any atom is -0.598 e. The lowest BCUT2D eigenvalue weighted by Gasteiger charge is -2.44. The van der Waals surface area contributed by atoms with E-state index in [9.17, 15) is 14.1 Å². The van der Waals surface area contributed by atoms with E-state index < -0.39 is 16.1 Å². The summed E-state index contributed by atoms with van der Waals surface area (Å²) in [5, 5.41) is 10.2. The van der Waals surface area contributed by atoms with Gasteiger partial charge in [-0.3, -0.25) is 18.7 Å². The van der Waals surface area contributed by atoms with Crippen molar-refractivity contribution in [2.45, 2.75) is 140 Å². The van der Waals surface area contributed by atoms with E-state index in [4.69, 9.17) is 44.0 Å². The molecule has 0 bridgehead atoms. The molecule has 0 radical (unpaired) electrons. The largest absolute Gasteiger partial charge is 0.598 e. The number of piperidine rings is 2. The predicted molar refractivity (Wildman–Crippen MR) is 278 cm³/mol. The van der Waals surface area contributed by atoms with Gasteiger partial charge in [0, 0.05) is 79.9 Å². The SMILES string of the molecule is Cn1c(N2CCC3(CCC[C@H]3N[S+]([O-])C(C)(C)CCCCc3cc4c(Cl)c(Sc5cnc(N6CCC7(CCC[C@H]7N)CC6)n(C)c5=O)ccn4n3)CC2)ncc(Sc2ccn3nccc3c2Cl)c1=O. The number of nitrogens with one attached hydrogen (secondary N) is 1. The summed E-state index contributed by atoms with van der Waals surface area (Å²) in [6, 6.07) is 8.09. The van der Waals surface area contributed by atoms with Gasteiger partial charge in [0.05, 0.1) is 61.2 Å². The number of unbranched alkanes of at least 4 members (excludes halogenated alkanes) is 1. The zero-order chi connectivity index (χ0) is 48.2. The number of aryl methyl sites for hydroxylation is 1. The summed E-state index contributed by atoms with van der Waals surface area (Å²) in [6.45, 7) is 7.48. The lowest BCUT2D eigenvalue weighted by Crippen LogP contribution is -2.54. The van der Waals surface area contributed by atoms with Crippen LogP contribution >= 0.6 is 46.7 Å². The summed E-state index contributed by atoms with van der Waals surface area (Å²) < 4.78 is 24.1. The van der Waals surface area contributed by atoms with E-state index in [1.165, 1.54) is 36.4 Å². The number of hydrogen-bond acceptors (Lipinski definition) is 13. The maximum atomic E-state index is 14.1. The van der Waals surface area contributed by atoms with Gasteiger partial charge in [-0.25, -0.2) is 19.0 Å². The Hall–Kier alpha value is -3.75. The fraction of sp³-hybridized carbons (Fsp3) is 0.551. The highest BCUT2D eigenvalue weighted by Gasteiger charge is 2.49. The Bertz CT molecular complexity index is 2980. The van der Waals surface area contributed by atoms with E-state index in [2.05, 4.69) is 33.5 Å². The molecule has 4 aliphatic rings. The molecule has 69 heavy (non-hydrogen) atoms. The van der Waals surface area contributed by atoms with Crippen LogP contribution in [0.2, 0.25) is 10.0 Å². The zero-order valence-corrected chi connectivity index (χ0v) is 43.8. The highest BCUT2D eigenvalue weighted by Crippen LogP contribution is 2.48. The second kappa shape index (κ2) is 19.7. The van der Waals surface area contributed by atoms with E-state index in [0.717, 1.165) is 130 Å². The van der Waals surface area contributed by atoms with Crippen LogP contribution in [0.3, 0.4) is 0 Å². The van der Waals surface area contributed by atoms with Crippen LogP contribution in [0.15, 0.2) is 84.4 Å². The summed E-state index contributed by atoms with van der Waals surface area (Å²) in [7, 11) is 3.59. The molecule has 15 nitrogen and oxygen atoms in total. The van der Waals surface area contributed by atoms with Crippen molar-refractivity contribution in [2.75, 3.05) is 36.0 Å². The van der Waals surface area contributed by atoms with Gasteiger partial charge in [0.2, 0.25) is 11.9 Å². The van der Waals surface area contributed by atoms with Crippen LogP contribution in [0.25, 0.3) is 11.0 Å². The van der Waals surface area contributed by atoms with Crippen LogP contribution in [-0.2, 0) is 31.9 Å². The van der Waals surface area contributed by atoms with Gasteiger partial charge >= 0.3 is 0 Å². The van der Waals surface area contributed by atoms with Crippen LogP contribution in [0.1, 0.15) is 103 Å². The first-order valence-corrected chi connectivity index (χ1v) is 27.9. The Morgan fingerprint density at radius 3 is 1.96 bits per heavy atom. The van der Waals surface area contributed by atoms with Gasteiger partial charge in [-0.2, -0.15) is 10.2 Å². The van der Waals surface area contributed by atoms with Crippen molar-refractivity contribution in [3.05, 3.63) is 91.7 Å². The molecule has 368 valence electrons. The molecule has 8 heterocycles. The minimum atomic E-state index is -1.23. The topological polar surface area (TPSA) is 172 Å².